The van der Waals surface area contributed by atoms with Crippen molar-refractivity contribution in [2.45, 2.75) is 32.7 Å². The van der Waals surface area contributed by atoms with Gasteiger partial charge in [0.25, 0.3) is 5.91 Å². The number of nitrogens with one attached hydrogen (secondary N) is 1. The molecule has 1 amide bonds. The lowest BCUT2D eigenvalue weighted by molar-refractivity contribution is 0.0927. The maximum atomic E-state index is 12.5. The normalized spacial score (nSPS) is 19.2. The Morgan fingerprint density at radius 3 is 3.04 bits per heavy atom. The molecular formula is C20H25N3O4. The van der Waals surface area contributed by atoms with Crippen molar-refractivity contribution in [2.75, 3.05) is 26.4 Å². The van der Waals surface area contributed by atoms with E-state index in [0.29, 0.717) is 29.5 Å². The Bertz CT molecular complexity index is 804. The maximum absolute atomic E-state index is 12.5. The van der Waals surface area contributed by atoms with Gasteiger partial charge in [-0.05, 0) is 49.9 Å². The van der Waals surface area contributed by atoms with Crippen LogP contribution in [0.3, 0.4) is 0 Å². The van der Waals surface area contributed by atoms with E-state index >= 15 is 0 Å². The summed E-state index contributed by atoms with van der Waals surface area (Å²) in [6, 6.07) is 7.32. The number of benzene rings is 1. The summed E-state index contributed by atoms with van der Waals surface area (Å²) in [5, 5.41) is 7.12. The van der Waals surface area contributed by atoms with Crippen molar-refractivity contribution in [3.63, 3.8) is 0 Å². The minimum atomic E-state index is -0.0757. The Hall–Kier alpha value is -2.54. The fourth-order valence-electron chi connectivity index (χ4n) is 3.66. The molecule has 2 aliphatic rings. The van der Waals surface area contributed by atoms with Gasteiger partial charge in [-0.25, -0.2) is 0 Å². The molecule has 144 valence electrons. The van der Waals surface area contributed by atoms with E-state index in [1.165, 1.54) is 0 Å². The molecule has 1 aromatic heterocycles. The fraction of sp³-hybridized carbons (Fsp3) is 0.500. The van der Waals surface area contributed by atoms with E-state index in [9.17, 15) is 4.79 Å². The van der Waals surface area contributed by atoms with Crippen molar-refractivity contribution in [3.8, 4) is 11.5 Å². The number of carbonyl (C=O) groups excluding carboxylic acids is 1. The average molecular weight is 371 g/mol. The summed E-state index contributed by atoms with van der Waals surface area (Å²) in [6.45, 7) is 5.73. The van der Waals surface area contributed by atoms with Crippen LogP contribution in [0.2, 0.25) is 0 Å². The van der Waals surface area contributed by atoms with Gasteiger partial charge in [0.05, 0.1) is 12.2 Å². The number of likely N-dealkylation sites (tertiary alicyclic amines) is 1. The lowest BCUT2D eigenvalue weighted by Crippen LogP contribution is -2.40. The van der Waals surface area contributed by atoms with Crippen LogP contribution in [-0.4, -0.2) is 42.4 Å². The SMILES string of the molecule is CCc1cc(CN2CCC[C@H](CNC(=O)c3ccc4c(c3)OCO4)C2)on1. The third-order valence-electron chi connectivity index (χ3n) is 5.14. The molecule has 0 saturated carbocycles. The number of nitrogens with zero attached hydrogens (tertiary/aromatic N) is 2. The third-order valence-corrected chi connectivity index (χ3v) is 5.14. The summed E-state index contributed by atoms with van der Waals surface area (Å²) in [4.78, 5) is 14.8. The van der Waals surface area contributed by atoms with Crippen LogP contribution in [0.25, 0.3) is 0 Å². The number of carbonyl (C=O) groups is 1. The van der Waals surface area contributed by atoms with Crippen LogP contribution in [0.5, 0.6) is 11.5 Å². The van der Waals surface area contributed by atoms with E-state index in [2.05, 4.69) is 22.3 Å². The van der Waals surface area contributed by atoms with Gasteiger partial charge in [-0.15, -0.1) is 0 Å². The first-order valence-electron chi connectivity index (χ1n) is 9.56. The molecule has 1 N–H and O–H groups in total. The van der Waals surface area contributed by atoms with Gasteiger partial charge in [0.1, 0.15) is 0 Å². The van der Waals surface area contributed by atoms with Crippen molar-refractivity contribution >= 4 is 5.91 Å². The van der Waals surface area contributed by atoms with E-state index in [0.717, 1.165) is 50.4 Å². The summed E-state index contributed by atoms with van der Waals surface area (Å²) < 4.78 is 16.0. The Morgan fingerprint density at radius 2 is 2.19 bits per heavy atom. The lowest BCUT2D eigenvalue weighted by atomic mass is 9.97. The molecule has 1 saturated heterocycles. The summed E-state index contributed by atoms with van der Waals surface area (Å²) in [5.74, 6) is 2.59. The van der Waals surface area contributed by atoms with Crippen LogP contribution in [0.4, 0.5) is 0 Å². The van der Waals surface area contributed by atoms with Gasteiger partial charge in [-0.1, -0.05) is 12.1 Å². The summed E-state index contributed by atoms with van der Waals surface area (Å²) in [5.41, 5.74) is 1.59. The van der Waals surface area contributed by atoms with E-state index < -0.39 is 0 Å². The lowest BCUT2D eigenvalue weighted by Gasteiger charge is -2.32. The molecule has 0 spiro atoms. The van der Waals surface area contributed by atoms with E-state index in [-0.39, 0.29) is 12.7 Å². The molecule has 2 aromatic rings. The smallest absolute Gasteiger partial charge is 0.251 e. The second kappa shape index (κ2) is 8.00. The molecule has 0 unspecified atom stereocenters. The monoisotopic (exact) mass is 371 g/mol. The molecule has 0 radical (unpaired) electrons. The number of aromatic nitrogens is 1. The van der Waals surface area contributed by atoms with Crippen LogP contribution in [0.1, 0.15) is 41.6 Å². The zero-order valence-corrected chi connectivity index (χ0v) is 15.6. The fourth-order valence-corrected chi connectivity index (χ4v) is 3.66. The second-order valence-electron chi connectivity index (χ2n) is 7.16. The molecule has 1 aromatic carbocycles. The van der Waals surface area contributed by atoms with Gasteiger partial charge in [0, 0.05) is 24.7 Å². The highest BCUT2D eigenvalue weighted by Gasteiger charge is 2.22. The molecule has 1 fully saturated rings. The molecule has 7 nitrogen and oxygen atoms in total. The highest BCUT2D eigenvalue weighted by atomic mass is 16.7. The second-order valence-corrected chi connectivity index (χ2v) is 7.16. The van der Waals surface area contributed by atoms with Crippen molar-refractivity contribution in [2.24, 2.45) is 5.92 Å². The predicted molar refractivity (Wildman–Crippen MR) is 98.8 cm³/mol. The van der Waals surface area contributed by atoms with E-state index in [1.54, 1.807) is 18.2 Å². The van der Waals surface area contributed by atoms with Gasteiger partial charge in [0.2, 0.25) is 6.79 Å². The van der Waals surface area contributed by atoms with Crippen molar-refractivity contribution in [1.29, 1.82) is 0 Å². The number of hydrogen-bond donors (Lipinski definition) is 1. The Balaban J connectivity index is 1.28. The topological polar surface area (TPSA) is 76.8 Å². The quantitative estimate of drug-likeness (QED) is 0.841. The molecule has 4 rings (SSSR count). The zero-order chi connectivity index (χ0) is 18.6. The molecule has 1 atom stereocenters. The molecule has 0 aliphatic carbocycles. The highest BCUT2D eigenvalue weighted by Crippen LogP contribution is 2.32. The van der Waals surface area contributed by atoms with Crippen LogP contribution in [0, 0.1) is 5.92 Å². The van der Waals surface area contributed by atoms with Crippen LogP contribution >= 0.6 is 0 Å². The van der Waals surface area contributed by atoms with Crippen LogP contribution < -0.4 is 14.8 Å². The first-order chi connectivity index (χ1) is 13.2. The molecule has 2 aliphatic heterocycles. The van der Waals surface area contributed by atoms with Gasteiger partial charge in [0.15, 0.2) is 17.3 Å². The van der Waals surface area contributed by atoms with Crippen LogP contribution in [-0.2, 0) is 13.0 Å². The summed E-state index contributed by atoms with van der Waals surface area (Å²) in [7, 11) is 0. The van der Waals surface area contributed by atoms with E-state index in [4.69, 9.17) is 14.0 Å². The number of rotatable bonds is 6. The van der Waals surface area contributed by atoms with Crippen molar-refractivity contribution < 1.29 is 18.8 Å². The molecule has 27 heavy (non-hydrogen) atoms. The molecule has 0 bridgehead atoms. The Morgan fingerprint density at radius 1 is 1.30 bits per heavy atom. The largest absolute Gasteiger partial charge is 0.454 e. The number of amides is 1. The van der Waals surface area contributed by atoms with Gasteiger partial charge >= 0.3 is 0 Å². The van der Waals surface area contributed by atoms with Gasteiger partial charge in [-0.3, -0.25) is 9.69 Å². The maximum Gasteiger partial charge on any atom is 0.251 e. The Kier molecular flexibility index (Phi) is 5.29. The first kappa shape index (κ1) is 17.9. The molecular weight excluding hydrogens is 346 g/mol. The number of aryl methyl sites for hydroxylation is 1. The van der Waals surface area contributed by atoms with Crippen molar-refractivity contribution in [1.82, 2.24) is 15.4 Å². The standard InChI is InChI=1S/C20H25N3O4/c1-2-16-9-17(27-22-16)12-23-7-3-4-14(11-23)10-21-20(24)15-5-6-18-19(8-15)26-13-25-18/h5-6,8-9,14H,2-4,7,10-13H2,1H3,(H,21,24)/t14-/m1/s1. The minimum Gasteiger partial charge on any atom is -0.454 e. The zero-order valence-electron chi connectivity index (χ0n) is 15.6. The number of ether oxygens (including phenoxy) is 2. The van der Waals surface area contributed by atoms with E-state index in [1.807, 2.05) is 6.07 Å². The number of hydrogen-bond acceptors (Lipinski definition) is 6. The summed E-state index contributed by atoms with van der Waals surface area (Å²) >= 11 is 0. The van der Waals surface area contributed by atoms with Crippen molar-refractivity contribution in [3.05, 3.63) is 41.3 Å². The van der Waals surface area contributed by atoms with Crippen LogP contribution in [0.15, 0.2) is 28.8 Å². The van der Waals surface area contributed by atoms with Gasteiger partial charge in [-0.2, -0.15) is 0 Å². The number of piperidine rings is 1. The Labute approximate surface area is 158 Å². The highest BCUT2D eigenvalue weighted by molar-refractivity contribution is 5.94. The third kappa shape index (κ3) is 4.24. The number of fused-ring (bicyclic) bond motifs is 1. The summed E-state index contributed by atoms with van der Waals surface area (Å²) in [6.07, 6.45) is 3.13. The minimum absolute atomic E-state index is 0.0757. The first-order valence-corrected chi connectivity index (χ1v) is 9.56. The van der Waals surface area contributed by atoms with Gasteiger partial charge < -0.3 is 19.3 Å². The molecule has 3 heterocycles. The predicted octanol–water partition coefficient (Wildman–Crippen LogP) is 2.61. The average Bonchev–Trinajstić information content (AvgIpc) is 3.34. The molecule has 7 heteroatoms.